The molecule has 0 bridgehead atoms. The fraction of sp³-hybridized carbons (Fsp3) is 0.158. The summed E-state index contributed by atoms with van der Waals surface area (Å²) in [4.78, 5) is 35.7. The Morgan fingerprint density at radius 1 is 0.929 bits per heavy atom. The molecule has 0 aliphatic rings. The van der Waals surface area contributed by atoms with Crippen molar-refractivity contribution in [3.8, 4) is 0 Å². The second-order valence-corrected chi connectivity index (χ2v) is 6.78. The lowest BCUT2D eigenvalue weighted by molar-refractivity contribution is -0.136. The van der Waals surface area contributed by atoms with E-state index in [9.17, 15) is 14.4 Å². The van der Waals surface area contributed by atoms with E-state index in [-0.39, 0.29) is 12.3 Å². The molecule has 9 heteroatoms. The van der Waals surface area contributed by atoms with Crippen LogP contribution in [0, 0.1) is 6.92 Å². The Morgan fingerprint density at radius 3 is 2.21 bits per heavy atom. The zero-order valence-corrected chi connectivity index (χ0v) is 16.7. The van der Waals surface area contributed by atoms with Crippen LogP contribution >= 0.6 is 23.2 Å². The number of amides is 3. The first kappa shape index (κ1) is 21.4. The predicted molar refractivity (Wildman–Crippen MR) is 111 cm³/mol. The molecular formula is C19H18Cl2N4O3. The molecule has 0 heterocycles. The lowest BCUT2D eigenvalue weighted by Gasteiger charge is -2.07. The van der Waals surface area contributed by atoms with Gasteiger partial charge in [0.1, 0.15) is 0 Å². The van der Waals surface area contributed by atoms with Gasteiger partial charge in [-0.1, -0.05) is 29.3 Å². The fourth-order valence-electron chi connectivity index (χ4n) is 2.07. The van der Waals surface area contributed by atoms with E-state index in [0.717, 1.165) is 5.56 Å². The Kier molecular flexibility index (Phi) is 7.54. The van der Waals surface area contributed by atoms with E-state index in [2.05, 4.69) is 21.2 Å². The van der Waals surface area contributed by atoms with Crippen LogP contribution < -0.4 is 16.1 Å². The molecule has 0 unspecified atom stereocenters. The molecular weight excluding hydrogens is 403 g/mol. The summed E-state index contributed by atoms with van der Waals surface area (Å²) in [5.41, 5.74) is 4.26. The molecule has 0 saturated heterocycles. The van der Waals surface area contributed by atoms with Gasteiger partial charge in [0.05, 0.1) is 6.42 Å². The maximum Gasteiger partial charge on any atom is 0.329 e. The summed E-state index contributed by atoms with van der Waals surface area (Å²) in [5.74, 6) is -2.19. The lowest BCUT2D eigenvalue weighted by atomic mass is 10.2. The average Bonchev–Trinajstić information content (AvgIpc) is 2.64. The number of aryl methyl sites for hydroxylation is 1. The highest BCUT2D eigenvalue weighted by Gasteiger charge is 2.14. The van der Waals surface area contributed by atoms with Crippen LogP contribution in [0.15, 0.2) is 47.6 Å². The molecule has 0 spiro atoms. The van der Waals surface area contributed by atoms with Gasteiger partial charge in [-0.25, -0.2) is 5.43 Å². The third kappa shape index (κ3) is 6.68. The number of carbonyl (C=O) groups excluding carboxylic acids is 3. The van der Waals surface area contributed by atoms with Crippen LogP contribution in [-0.2, 0) is 14.4 Å². The predicted octanol–water partition coefficient (Wildman–Crippen LogP) is 3.76. The number of hydrogen-bond donors (Lipinski definition) is 3. The molecule has 3 N–H and O–H groups in total. The zero-order valence-electron chi connectivity index (χ0n) is 15.2. The minimum absolute atomic E-state index is 0.0574. The highest BCUT2D eigenvalue weighted by atomic mass is 35.5. The third-order valence-electron chi connectivity index (χ3n) is 3.53. The number of anilines is 2. The van der Waals surface area contributed by atoms with Gasteiger partial charge < -0.3 is 10.6 Å². The maximum atomic E-state index is 12.0. The van der Waals surface area contributed by atoms with Gasteiger partial charge >= 0.3 is 11.8 Å². The van der Waals surface area contributed by atoms with Crippen molar-refractivity contribution in [3.63, 3.8) is 0 Å². The van der Waals surface area contributed by atoms with Crippen LogP contribution in [-0.4, -0.2) is 23.4 Å². The summed E-state index contributed by atoms with van der Waals surface area (Å²) in [6.45, 7) is 3.38. The van der Waals surface area contributed by atoms with E-state index in [1.54, 1.807) is 43.3 Å². The van der Waals surface area contributed by atoms with Gasteiger partial charge in [-0.3, -0.25) is 14.4 Å². The van der Waals surface area contributed by atoms with Crippen molar-refractivity contribution in [2.75, 3.05) is 10.6 Å². The number of nitrogens with one attached hydrogen (secondary N) is 3. The van der Waals surface area contributed by atoms with Crippen molar-refractivity contribution in [2.45, 2.75) is 20.3 Å². The van der Waals surface area contributed by atoms with Gasteiger partial charge in [0, 0.05) is 27.1 Å². The quantitative estimate of drug-likeness (QED) is 0.389. The van der Waals surface area contributed by atoms with Gasteiger partial charge in [0.25, 0.3) is 0 Å². The standard InChI is InChI=1S/C19H18Cl2N4O3/c1-11-3-6-15(10-16(11)21)23-18(27)19(28)25-24-12(2)9-17(26)22-14-7-4-13(20)5-8-14/h3-8,10H,9H2,1-2H3,(H,22,26)(H,23,27)(H,25,28)/b24-12+. The monoisotopic (exact) mass is 420 g/mol. The Morgan fingerprint density at radius 2 is 1.57 bits per heavy atom. The Bertz CT molecular complexity index is 927. The number of hydrazone groups is 1. The van der Waals surface area contributed by atoms with Crippen molar-refractivity contribution in [1.82, 2.24) is 5.43 Å². The molecule has 0 aliphatic heterocycles. The zero-order chi connectivity index (χ0) is 20.7. The molecule has 2 aromatic carbocycles. The van der Waals surface area contributed by atoms with E-state index in [1.165, 1.54) is 6.07 Å². The fourth-order valence-corrected chi connectivity index (χ4v) is 2.37. The van der Waals surface area contributed by atoms with E-state index >= 15 is 0 Å². The normalized spacial score (nSPS) is 10.9. The van der Waals surface area contributed by atoms with Crippen molar-refractivity contribution in [1.29, 1.82) is 0 Å². The molecule has 0 saturated carbocycles. The summed E-state index contributed by atoms with van der Waals surface area (Å²) in [6, 6.07) is 11.5. The average molecular weight is 421 g/mol. The first-order valence-electron chi connectivity index (χ1n) is 8.20. The van der Waals surface area contributed by atoms with Gasteiger partial charge in [-0.2, -0.15) is 5.10 Å². The molecule has 0 fully saturated rings. The maximum absolute atomic E-state index is 12.0. The van der Waals surface area contributed by atoms with Crippen molar-refractivity contribution < 1.29 is 14.4 Å². The van der Waals surface area contributed by atoms with E-state index in [0.29, 0.717) is 27.1 Å². The van der Waals surface area contributed by atoms with Gasteiger partial charge in [-0.05, 0) is 55.8 Å². The van der Waals surface area contributed by atoms with Crippen LogP contribution in [0.2, 0.25) is 10.0 Å². The highest BCUT2D eigenvalue weighted by molar-refractivity contribution is 6.40. The van der Waals surface area contributed by atoms with Crippen LogP contribution in [0.25, 0.3) is 0 Å². The number of hydrogen-bond acceptors (Lipinski definition) is 4. The Labute approximate surface area is 172 Å². The Balaban J connectivity index is 1.84. The van der Waals surface area contributed by atoms with Gasteiger partial charge in [0.2, 0.25) is 5.91 Å². The number of rotatable bonds is 5. The van der Waals surface area contributed by atoms with Crippen molar-refractivity contribution >= 4 is 58.0 Å². The molecule has 0 radical (unpaired) electrons. The molecule has 3 amide bonds. The minimum Gasteiger partial charge on any atom is -0.326 e. The smallest absolute Gasteiger partial charge is 0.326 e. The van der Waals surface area contributed by atoms with Gasteiger partial charge in [-0.15, -0.1) is 0 Å². The molecule has 2 rings (SSSR count). The number of nitrogens with zero attached hydrogens (tertiary/aromatic N) is 1. The van der Waals surface area contributed by atoms with Crippen LogP contribution in [0.5, 0.6) is 0 Å². The lowest BCUT2D eigenvalue weighted by Crippen LogP contribution is -2.33. The molecule has 0 atom stereocenters. The van der Waals surface area contributed by atoms with E-state index < -0.39 is 11.8 Å². The number of carbonyl (C=O) groups is 3. The Hall–Kier alpha value is -2.90. The van der Waals surface area contributed by atoms with Crippen molar-refractivity contribution in [2.24, 2.45) is 5.10 Å². The summed E-state index contributed by atoms with van der Waals surface area (Å²) >= 11 is 11.8. The third-order valence-corrected chi connectivity index (χ3v) is 4.19. The SMILES string of the molecule is C/C(CC(=O)Nc1ccc(Cl)cc1)=N\NC(=O)C(=O)Nc1ccc(C)c(Cl)c1. The first-order chi connectivity index (χ1) is 13.2. The summed E-state index contributed by atoms with van der Waals surface area (Å²) < 4.78 is 0. The minimum atomic E-state index is -0.964. The van der Waals surface area contributed by atoms with Crippen LogP contribution in [0.4, 0.5) is 11.4 Å². The topological polar surface area (TPSA) is 99.7 Å². The molecule has 28 heavy (non-hydrogen) atoms. The van der Waals surface area contributed by atoms with Crippen LogP contribution in [0.3, 0.4) is 0 Å². The van der Waals surface area contributed by atoms with E-state index in [1.807, 2.05) is 6.92 Å². The molecule has 2 aromatic rings. The van der Waals surface area contributed by atoms with E-state index in [4.69, 9.17) is 23.2 Å². The summed E-state index contributed by atoms with van der Waals surface area (Å²) in [6.07, 6.45) is -0.0574. The largest absolute Gasteiger partial charge is 0.329 e. The molecule has 146 valence electrons. The molecule has 0 aromatic heterocycles. The number of halogens is 2. The second kappa shape index (κ2) is 9.87. The second-order valence-electron chi connectivity index (χ2n) is 5.94. The molecule has 0 aliphatic carbocycles. The van der Waals surface area contributed by atoms with Crippen molar-refractivity contribution in [3.05, 3.63) is 58.1 Å². The van der Waals surface area contributed by atoms with Crippen LogP contribution in [0.1, 0.15) is 18.9 Å². The summed E-state index contributed by atoms with van der Waals surface area (Å²) in [5, 5.41) is 9.88. The summed E-state index contributed by atoms with van der Waals surface area (Å²) in [7, 11) is 0. The van der Waals surface area contributed by atoms with Gasteiger partial charge in [0.15, 0.2) is 0 Å². The highest BCUT2D eigenvalue weighted by Crippen LogP contribution is 2.19. The first-order valence-corrected chi connectivity index (χ1v) is 8.96. The molecule has 7 nitrogen and oxygen atoms in total. The number of benzene rings is 2.